The predicted octanol–water partition coefficient (Wildman–Crippen LogP) is 3.65. The number of nitrogens with one attached hydrogen (secondary N) is 3. The summed E-state index contributed by atoms with van der Waals surface area (Å²) in [4.78, 5) is 25.1. The molecule has 0 unspecified atom stereocenters. The molecule has 1 heterocycles. The van der Waals surface area contributed by atoms with Crippen molar-refractivity contribution >= 4 is 33.3 Å². The minimum atomic E-state index is -3.76. The van der Waals surface area contributed by atoms with Crippen LogP contribution in [0.3, 0.4) is 0 Å². The van der Waals surface area contributed by atoms with Crippen LogP contribution in [0, 0.1) is 0 Å². The lowest BCUT2D eigenvalue weighted by Crippen LogP contribution is -2.34. The predicted molar refractivity (Wildman–Crippen MR) is 127 cm³/mol. The largest absolute Gasteiger partial charge is 0.492 e. The molecule has 3 N–H and O–H groups in total. The van der Waals surface area contributed by atoms with Gasteiger partial charge in [0.05, 0.1) is 17.9 Å². The summed E-state index contributed by atoms with van der Waals surface area (Å²) in [7, 11) is -3.76. The minimum Gasteiger partial charge on any atom is -0.492 e. The first-order valence-electron chi connectivity index (χ1n) is 11.0. The molecular weight excluding hydrogens is 444 g/mol. The van der Waals surface area contributed by atoms with Crippen LogP contribution in [0.15, 0.2) is 47.4 Å². The summed E-state index contributed by atoms with van der Waals surface area (Å²) in [5.74, 6) is -0.237. The van der Waals surface area contributed by atoms with Gasteiger partial charge in [-0.25, -0.2) is 13.2 Å². The van der Waals surface area contributed by atoms with Crippen LogP contribution in [0.2, 0.25) is 0 Å². The Labute approximate surface area is 194 Å². The Bertz CT molecular complexity index is 1110. The number of para-hydroxylation sites is 1. The van der Waals surface area contributed by atoms with Gasteiger partial charge >= 0.3 is 6.03 Å². The molecule has 10 heteroatoms. The van der Waals surface area contributed by atoms with Gasteiger partial charge in [-0.3, -0.25) is 4.79 Å². The van der Waals surface area contributed by atoms with Crippen LogP contribution in [0.5, 0.6) is 5.75 Å². The van der Waals surface area contributed by atoms with Gasteiger partial charge in [0.1, 0.15) is 10.6 Å². The highest BCUT2D eigenvalue weighted by Gasteiger charge is 2.30. The fourth-order valence-electron chi connectivity index (χ4n) is 3.54. The molecule has 1 saturated heterocycles. The number of hydrogen-bond donors (Lipinski definition) is 3. The van der Waals surface area contributed by atoms with Crippen molar-refractivity contribution in [2.45, 2.75) is 44.6 Å². The fraction of sp³-hybridized carbons (Fsp3) is 0.391. The first-order chi connectivity index (χ1) is 15.7. The number of rotatable bonds is 8. The highest BCUT2D eigenvalue weighted by atomic mass is 32.2. The number of nitrogens with zero attached hydrogens (tertiary/aromatic N) is 1. The van der Waals surface area contributed by atoms with Gasteiger partial charge in [-0.05, 0) is 63.9 Å². The molecule has 0 bridgehead atoms. The summed E-state index contributed by atoms with van der Waals surface area (Å²) < 4.78 is 33.3. The van der Waals surface area contributed by atoms with Crippen molar-refractivity contribution in [3.05, 3.63) is 48.0 Å². The molecule has 0 saturated carbocycles. The van der Waals surface area contributed by atoms with Crippen molar-refractivity contribution in [1.29, 1.82) is 0 Å². The zero-order chi connectivity index (χ0) is 24.0. The lowest BCUT2D eigenvalue weighted by Gasteiger charge is -2.19. The normalized spacial score (nSPS) is 14.2. The third kappa shape index (κ3) is 6.02. The summed E-state index contributed by atoms with van der Waals surface area (Å²) in [6.45, 7) is 6.67. The molecule has 0 radical (unpaired) electrons. The maximum atomic E-state index is 13.2. The SMILES string of the molecule is CCOc1ccc(NC(=O)c2ccccc2NC(=O)NC(C)C)cc1S(=O)(=O)N1CCCC1. The van der Waals surface area contributed by atoms with E-state index in [4.69, 9.17) is 4.74 Å². The Morgan fingerprint density at radius 3 is 2.42 bits per heavy atom. The maximum absolute atomic E-state index is 13.2. The minimum absolute atomic E-state index is 0.0202. The molecule has 0 atom stereocenters. The summed E-state index contributed by atoms with van der Waals surface area (Å²) in [6.07, 6.45) is 1.63. The second-order valence-corrected chi connectivity index (χ2v) is 9.86. The molecule has 1 aliphatic heterocycles. The molecule has 0 aromatic heterocycles. The van der Waals surface area contributed by atoms with E-state index in [1.807, 2.05) is 13.8 Å². The van der Waals surface area contributed by atoms with E-state index in [1.54, 1.807) is 43.3 Å². The summed E-state index contributed by atoms with van der Waals surface area (Å²) in [6, 6.07) is 10.7. The van der Waals surface area contributed by atoms with E-state index in [2.05, 4.69) is 16.0 Å². The van der Waals surface area contributed by atoms with Crippen molar-refractivity contribution in [3.63, 3.8) is 0 Å². The molecule has 2 aromatic rings. The summed E-state index contributed by atoms with van der Waals surface area (Å²) in [5, 5.41) is 8.12. The van der Waals surface area contributed by atoms with Gasteiger partial charge in [-0.1, -0.05) is 12.1 Å². The van der Waals surface area contributed by atoms with Gasteiger partial charge in [-0.2, -0.15) is 4.31 Å². The Morgan fingerprint density at radius 1 is 1.06 bits per heavy atom. The number of sulfonamides is 1. The van der Waals surface area contributed by atoms with Crippen molar-refractivity contribution < 1.29 is 22.7 Å². The number of carbonyl (C=O) groups excluding carboxylic acids is 2. The summed E-state index contributed by atoms with van der Waals surface area (Å²) in [5.41, 5.74) is 0.890. The molecule has 178 valence electrons. The lowest BCUT2D eigenvalue weighted by molar-refractivity contribution is 0.102. The highest BCUT2D eigenvalue weighted by Crippen LogP contribution is 2.32. The average Bonchev–Trinajstić information content (AvgIpc) is 3.30. The molecule has 33 heavy (non-hydrogen) atoms. The van der Waals surface area contributed by atoms with Gasteiger partial charge in [-0.15, -0.1) is 0 Å². The van der Waals surface area contributed by atoms with Gasteiger partial charge < -0.3 is 20.7 Å². The Hall–Kier alpha value is -3.11. The quantitative estimate of drug-likeness (QED) is 0.540. The van der Waals surface area contributed by atoms with E-state index in [0.717, 1.165) is 12.8 Å². The van der Waals surface area contributed by atoms with Crippen LogP contribution in [0.4, 0.5) is 16.2 Å². The van der Waals surface area contributed by atoms with Crippen LogP contribution >= 0.6 is 0 Å². The van der Waals surface area contributed by atoms with Crippen LogP contribution in [-0.4, -0.2) is 50.4 Å². The highest BCUT2D eigenvalue weighted by molar-refractivity contribution is 7.89. The second-order valence-electron chi connectivity index (χ2n) is 7.96. The van der Waals surface area contributed by atoms with Crippen LogP contribution in [-0.2, 0) is 10.0 Å². The molecule has 3 amide bonds. The standard InChI is InChI=1S/C23H30N4O5S/c1-4-32-20-12-11-17(15-21(20)33(30,31)27-13-7-8-14-27)25-22(28)18-9-5-6-10-19(18)26-23(29)24-16(2)3/h5-6,9-12,15-16H,4,7-8,13-14H2,1-3H3,(H,25,28)(H2,24,26,29). The van der Waals surface area contributed by atoms with Gasteiger partial charge in [0.25, 0.3) is 5.91 Å². The molecule has 1 fully saturated rings. The molecule has 1 aliphatic rings. The second kappa shape index (κ2) is 10.7. The van der Waals surface area contributed by atoms with Crippen molar-refractivity contribution in [3.8, 4) is 5.75 Å². The summed E-state index contributed by atoms with van der Waals surface area (Å²) >= 11 is 0. The Morgan fingerprint density at radius 2 is 1.76 bits per heavy atom. The molecule has 2 aromatic carbocycles. The first kappa shape index (κ1) is 24.5. The lowest BCUT2D eigenvalue weighted by atomic mass is 10.1. The molecule has 9 nitrogen and oxygen atoms in total. The van der Waals surface area contributed by atoms with Crippen LogP contribution < -0.4 is 20.7 Å². The van der Waals surface area contributed by atoms with Crippen LogP contribution in [0.1, 0.15) is 44.0 Å². The Balaban J connectivity index is 1.87. The molecule has 3 rings (SSSR count). The van der Waals surface area contributed by atoms with Crippen LogP contribution in [0.25, 0.3) is 0 Å². The molecule has 0 aliphatic carbocycles. The monoisotopic (exact) mass is 474 g/mol. The molecular formula is C23H30N4O5S. The average molecular weight is 475 g/mol. The third-order valence-electron chi connectivity index (χ3n) is 5.02. The smallest absolute Gasteiger partial charge is 0.319 e. The maximum Gasteiger partial charge on any atom is 0.319 e. The number of hydrogen-bond acceptors (Lipinski definition) is 5. The van der Waals surface area contributed by atoms with Crippen molar-refractivity contribution in [2.75, 3.05) is 30.3 Å². The van der Waals surface area contributed by atoms with E-state index in [9.17, 15) is 18.0 Å². The van der Waals surface area contributed by atoms with E-state index < -0.39 is 22.0 Å². The van der Waals surface area contributed by atoms with Crippen molar-refractivity contribution in [1.82, 2.24) is 9.62 Å². The number of benzene rings is 2. The number of carbonyl (C=O) groups is 2. The zero-order valence-electron chi connectivity index (χ0n) is 19.1. The van der Waals surface area contributed by atoms with Crippen molar-refractivity contribution in [2.24, 2.45) is 0 Å². The first-order valence-corrected chi connectivity index (χ1v) is 12.4. The van der Waals surface area contributed by atoms with Gasteiger partial charge in [0.2, 0.25) is 10.0 Å². The topological polar surface area (TPSA) is 117 Å². The number of anilines is 2. The third-order valence-corrected chi connectivity index (χ3v) is 6.94. The van der Waals surface area contributed by atoms with E-state index in [-0.39, 0.29) is 22.3 Å². The zero-order valence-corrected chi connectivity index (χ0v) is 19.9. The van der Waals surface area contributed by atoms with E-state index >= 15 is 0 Å². The van der Waals surface area contributed by atoms with Gasteiger partial charge in [0.15, 0.2) is 0 Å². The van der Waals surface area contributed by atoms with E-state index in [1.165, 1.54) is 10.4 Å². The number of urea groups is 1. The number of amides is 3. The fourth-order valence-corrected chi connectivity index (χ4v) is 5.21. The molecule has 0 spiro atoms. The van der Waals surface area contributed by atoms with E-state index in [0.29, 0.717) is 31.1 Å². The Kier molecular flexibility index (Phi) is 7.93. The number of ether oxygens (including phenoxy) is 1. The van der Waals surface area contributed by atoms with Gasteiger partial charge in [0, 0.05) is 24.8 Å².